The Balaban J connectivity index is 1.94. The molecule has 0 bridgehead atoms. The molecule has 1 amide bonds. The molecule has 3 aromatic carbocycles. The highest BCUT2D eigenvalue weighted by Crippen LogP contribution is 2.29. The van der Waals surface area contributed by atoms with E-state index in [1.165, 1.54) is 37.3 Å². The highest BCUT2D eigenvalue weighted by molar-refractivity contribution is 7.93. The van der Waals surface area contributed by atoms with Crippen molar-refractivity contribution in [2.24, 2.45) is 0 Å². The van der Waals surface area contributed by atoms with Crippen LogP contribution in [0.5, 0.6) is 0 Å². The van der Waals surface area contributed by atoms with Crippen LogP contribution in [0.2, 0.25) is 0 Å². The molecule has 0 aliphatic carbocycles. The van der Waals surface area contributed by atoms with Crippen LogP contribution >= 0.6 is 0 Å². The van der Waals surface area contributed by atoms with Crippen LogP contribution in [0.4, 0.5) is 21.5 Å². The smallest absolute Gasteiger partial charge is 0.262 e. The Hall–Kier alpha value is -3.44. The predicted octanol–water partition coefficient (Wildman–Crippen LogP) is 3.69. The van der Waals surface area contributed by atoms with Crippen LogP contribution in [-0.4, -0.2) is 22.7 Å². The zero-order valence-corrected chi connectivity index (χ0v) is 18.7. The summed E-state index contributed by atoms with van der Waals surface area (Å²) in [5.74, 6) is -0.945. The van der Waals surface area contributed by atoms with Crippen molar-refractivity contribution in [2.45, 2.75) is 23.6 Å². The second-order valence-corrected chi connectivity index (χ2v) is 10.2. The van der Waals surface area contributed by atoms with Gasteiger partial charge < -0.3 is 5.32 Å². The van der Waals surface area contributed by atoms with Crippen molar-refractivity contribution in [1.82, 2.24) is 0 Å². The normalized spacial score (nSPS) is 11.6. The maximum atomic E-state index is 13.1. The quantitative estimate of drug-likeness (QED) is 0.479. The molecule has 11 heteroatoms. The lowest BCUT2D eigenvalue weighted by Crippen LogP contribution is -2.18. The van der Waals surface area contributed by atoms with Gasteiger partial charge in [-0.25, -0.2) is 21.2 Å². The van der Waals surface area contributed by atoms with Gasteiger partial charge in [0, 0.05) is 12.6 Å². The van der Waals surface area contributed by atoms with Crippen molar-refractivity contribution in [3.05, 3.63) is 78.1 Å². The molecule has 3 N–H and O–H groups in total. The number of nitrogens with one attached hydrogen (secondary N) is 3. The Bertz CT molecular complexity index is 1370. The number of carbonyl (C=O) groups excluding carboxylic acids is 1. The van der Waals surface area contributed by atoms with Crippen LogP contribution in [0.25, 0.3) is 0 Å². The van der Waals surface area contributed by atoms with E-state index in [9.17, 15) is 26.0 Å². The molecule has 32 heavy (non-hydrogen) atoms. The first-order chi connectivity index (χ1) is 15.0. The Morgan fingerprint density at radius 1 is 0.812 bits per heavy atom. The van der Waals surface area contributed by atoms with E-state index in [4.69, 9.17) is 0 Å². The second-order valence-electron chi connectivity index (χ2n) is 6.87. The van der Waals surface area contributed by atoms with Crippen molar-refractivity contribution < 1.29 is 26.0 Å². The first kappa shape index (κ1) is 23.2. The monoisotopic (exact) mass is 477 g/mol. The fraction of sp³-hybridized carbons (Fsp3) is 0.0952. The summed E-state index contributed by atoms with van der Waals surface area (Å²) < 4.78 is 69.2. The Kier molecular flexibility index (Phi) is 6.51. The van der Waals surface area contributed by atoms with Gasteiger partial charge in [0.1, 0.15) is 5.82 Å². The van der Waals surface area contributed by atoms with Crippen molar-refractivity contribution in [3.8, 4) is 0 Å². The van der Waals surface area contributed by atoms with Gasteiger partial charge in [-0.1, -0.05) is 18.2 Å². The van der Waals surface area contributed by atoms with Crippen LogP contribution in [-0.2, 0) is 24.8 Å². The fourth-order valence-corrected chi connectivity index (χ4v) is 5.28. The number of carbonyl (C=O) groups is 1. The Morgan fingerprint density at radius 2 is 1.38 bits per heavy atom. The molecule has 0 fully saturated rings. The number of hydrogen-bond acceptors (Lipinski definition) is 5. The van der Waals surface area contributed by atoms with Gasteiger partial charge in [-0.2, -0.15) is 0 Å². The van der Waals surface area contributed by atoms with Crippen molar-refractivity contribution in [1.29, 1.82) is 0 Å². The Labute approximate surface area is 185 Å². The minimum absolute atomic E-state index is 0.0116. The number of hydrogen-bond donors (Lipinski definition) is 3. The molecule has 168 valence electrons. The summed E-state index contributed by atoms with van der Waals surface area (Å²) >= 11 is 0. The number of sulfonamides is 2. The lowest BCUT2D eigenvalue weighted by molar-refractivity contribution is -0.114. The van der Waals surface area contributed by atoms with Gasteiger partial charge in [0.05, 0.1) is 21.2 Å². The third-order valence-electron chi connectivity index (χ3n) is 4.34. The minimum Gasteiger partial charge on any atom is -0.326 e. The van der Waals surface area contributed by atoms with Gasteiger partial charge in [-0.15, -0.1) is 0 Å². The van der Waals surface area contributed by atoms with E-state index < -0.39 is 25.9 Å². The Morgan fingerprint density at radius 3 is 1.94 bits per heavy atom. The summed E-state index contributed by atoms with van der Waals surface area (Å²) in [5, 5.41) is 2.52. The van der Waals surface area contributed by atoms with Gasteiger partial charge in [0.15, 0.2) is 0 Å². The first-order valence-electron chi connectivity index (χ1n) is 9.26. The van der Waals surface area contributed by atoms with Gasteiger partial charge in [0.25, 0.3) is 20.0 Å². The largest absolute Gasteiger partial charge is 0.326 e. The number of halogens is 1. The highest BCUT2D eigenvalue weighted by atomic mass is 32.2. The molecule has 3 rings (SSSR count). The number of anilines is 3. The summed E-state index contributed by atoms with van der Waals surface area (Å²) in [6.45, 7) is 2.89. The number of aryl methyl sites for hydroxylation is 1. The summed E-state index contributed by atoms with van der Waals surface area (Å²) in [7, 11) is -8.24. The van der Waals surface area contributed by atoms with E-state index in [0.29, 0.717) is 11.3 Å². The van der Waals surface area contributed by atoms with Crippen LogP contribution in [0.3, 0.4) is 0 Å². The molecule has 3 aromatic rings. The maximum absolute atomic E-state index is 13.1. The van der Waals surface area contributed by atoms with Crippen molar-refractivity contribution >= 4 is 43.0 Å². The molecule has 0 saturated carbocycles. The van der Waals surface area contributed by atoms with Gasteiger partial charge in [-0.05, 0) is 61.0 Å². The summed E-state index contributed by atoms with van der Waals surface area (Å²) in [4.78, 5) is 11.0. The molecule has 0 aliphatic rings. The van der Waals surface area contributed by atoms with E-state index >= 15 is 0 Å². The third-order valence-corrected chi connectivity index (χ3v) is 7.23. The fourth-order valence-electron chi connectivity index (χ4n) is 2.85. The van der Waals surface area contributed by atoms with Crippen molar-refractivity contribution in [3.63, 3.8) is 0 Å². The molecular formula is C21H20FN3O5S2. The lowest BCUT2D eigenvalue weighted by atomic mass is 10.2. The average molecular weight is 478 g/mol. The second kappa shape index (κ2) is 8.97. The van der Waals surface area contributed by atoms with E-state index in [1.54, 1.807) is 19.1 Å². The molecule has 0 spiro atoms. The molecule has 0 atom stereocenters. The van der Waals surface area contributed by atoms with Gasteiger partial charge in [0.2, 0.25) is 5.91 Å². The summed E-state index contributed by atoms with van der Waals surface area (Å²) in [5.41, 5.74) is 0.698. The summed E-state index contributed by atoms with van der Waals surface area (Å²) in [6, 6.07) is 14.5. The van der Waals surface area contributed by atoms with Crippen LogP contribution in [0.1, 0.15) is 12.5 Å². The number of benzene rings is 3. The number of para-hydroxylation sites is 2. The topological polar surface area (TPSA) is 121 Å². The lowest BCUT2D eigenvalue weighted by Gasteiger charge is -2.16. The minimum atomic E-state index is -4.14. The van der Waals surface area contributed by atoms with E-state index in [1.807, 2.05) is 0 Å². The van der Waals surface area contributed by atoms with E-state index in [-0.39, 0.29) is 27.1 Å². The molecule has 0 unspecified atom stereocenters. The molecule has 0 saturated heterocycles. The standard InChI is InChI=1S/C21H20FN3O5S2/c1-14-7-10-17(23-15(2)26)13-21(14)32(29,30)25-20-6-4-3-5-19(20)24-31(27,28)18-11-8-16(22)9-12-18/h3-13,24-25H,1-2H3,(H,23,26). The first-order valence-corrected chi connectivity index (χ1v) is 12.2. The molecule has 0 aliphatic heterocycles. The van der Waals surface area contributed by atoms with Crippen molar-refractivity contribution in [2.75, 3.05) is 14.8 Å². The molecule has 0 aromatic heterocycles. The average Bonchev–Trinajstić information content (AvgIpc) is 2.70. The molecule has 0 heterocycles. The number of rotatable bonds is 7. The zero-order valence-electron chi connectivity index (χ0n) is 17.1. The number of amides is 1. The SMILES string of the molecule is CC(=O)Nc1ccc(C)c(S(=O)(=O)Nc2ccccc2NS(=O)(=O)c2ccc(F)cc2)c1. The van der Waals surface area contributed by atoms with Gasteiger partial charge >= 0.3 is 0 Å². The highest BCUT2D eigenvalue weighted by Gasteiger charge is 2.21. The van der Waals surface area contributed by atoms with E-state index in [2.05, 4.69) is 14.8 Å². The molecule has 0 radical (unpaired) electrons. The third kappa shape index (κ3) is 5.42. The molecular weight excluding hydrogens is 457 g/mol. The van der Waals surface area contributed by atoms with Crippen LogP contribution in [0, 0.1) is 12.7 Å². The van der Waals surface area contributed by atoms with Gasteiger partial charge in [-0.3, -0.25) is 14.2 Å². The van der Waals surface area contributed by atoms with E-state index in [0.717, 1.165) is 24.3 Å². The maximum Gasteiger partial charge on any atom is 0.262 e. The van der Waals surface area contributed by atoms with Crippen LogP contribution in [0.15, 0.2) is 76.5 Å². The van der Waals surface area contributed by atoms with Crippen LogP contribution < -0.4 is 14.8 Å². The summed E-state index contributed by atoms with van der Waals surface area (Å²) in [6.07, 6.45) is 0. The predicted molar refractivity (Wildman–Crippen MR) is 120 cm³/mol. The molecule has 8 nitrogen and oxygen atoms in total. The zero-order chi connectivity index (χ0) is 23.5.